The Morgan fingerprint density at radius 1 is 1.28 bits per heavy atom. The Hall–Kier alpha value is -1.59. The molecule has 18 heavy (non-hydrogen) atoms. The summed E-state index contributed by atoms with van der Waals surface area (Å²) in [6.07, 6.45) is 1.64. The van der Waals surface area contributed by atoms with Crippen LogP contribution in [0.15, 0.2) is 47.5 Å². The number of nitro groups is 1. The van der Waals surface area contributed by atoms with Gasteiger partial charge in [-0.05, 0) is 23.8 Å². The Labute approximate surface area is 113 Å². The Balaban J connectivity index is 2.02. The average molecular weight is 281 g/mol. The summed E-state index contributed by atoms with van der Waals surface area (Å²) in [7, 11) is 0. The van der Waals surface area contributed by atoms with E-state index in [1.165, 1.54) is 12.1 Å². The highest BCUT2D eigenvalue weighted by atomic mass is 35.5. The SMILES string of the molecule is O=[N+]([O-])c1ccc(SCc2cccnc2Cl)cc1. The van der Waals surface area contributed by atoms with Gasteiger partial charge in [-0.15, -0.1) is 11.8 Å². The van der Waals surface area contributed by atoms with Gasteiger partial charge >= 0.3 is 0 Å². The second-order valence-electron chi connectivity index (χ2n) is 3.49. The van der Waals surface area contributed by atoms with E-state index in [1.807, 2.05) is 12.1 Å². The molecular weight excluding hydrogens is 272 g/mol. The summed E-state index contributed by atoms with van der Waals surface area (Å²) >= 11 is 7.50. The van der Waals surface area contributed by atoms with Gasteiger partial charge in [0.1, 0.15) is 5.15 Å². The van der Waals surface area contributed by atoms with E-state index < -0.39 is 4.92 Å². The second-order valence-corrected chi connectivity index (χ2v) is 4.90. The number of benzene rings is 1. The zero-order valence-corrected chi connectivity index (χ0v) is 10.8. The zero-order valence-electron chi connectivity index (χ0n) is 9.25. The number of hydrogen-bond acceptors (Lipinski definition) is 4. The van der Waals surface area contributed by atoms with E-state index in [4.69, 9.17) is 11.6 Å². The van der Waals surface area contributed by atoms with Crippen LogP contribution in [-0.4, -0.2) is 9.91 Å². The lowest BCUT2D eigenvalue weighted by Crippen LogP contribution is -1.87. The van der Waals surface area contributed by atoms with Crippen molar-refractivity contribution in [3.8, 4) is 0 Å². The topological polar surface area (TPSA) is 56.0 Å². The zero-order chi connectivity index (χ0) is 13.0. The number of pyridine rings is 1. The number of non-ortho nitro benzene ring substituents is 1. The normalized spacial score (nSPS) is 10.3. The fraction of sp³-hybridized carbons (Fsp3) is 0.0833. The summed E-state index contributed by atoms with van der Waals surface area (Å²) in [6.45, 7) is 0. The number of nitro benzene ring substituents is 1. The fourth-order valence-electron chi connectivity index (χ4n) is 1.35. The van der Waals surface area contributed by atoms with Crippen molar-refractivity contribution < 1.29 is 4.92 Å². The van der Waals surface area contributed by atoms with Crippen molar-refractivity contribution in [1.29, 1.82) is 0 Å². The van der Waals surface area contributed by atoms with Crippen molar-refractivity contribution in [1.82, 2.24) is 4.98 Å². The summed E-state index contributed by atoms with van der Waals surface area (Å²) in [5, 5.41) is 11.0. The molecule has 0 aliphatic heterocycles. The minimum atomic E-state index is -0.410. The maximum atomic E-state index is 10.5. The molecule has 0 radical (unpaired) electrons. The van der Waals surface area contributed by atoms with E-state index >= 15 is 0 Å². The fourth-order valence-corrected chi connectivity index (χ4v) is 2.50. The minimum Gasteiger partial charge on any atom is -0.258 e. The predicted molar refractivity (Wildman–Crippen MR) is 71.9 cm³/mol. The first-order chi connectivity index (χ1) is 8.66. The molecule has 0 saturated carbocycles. The van der Waals surface area contributed by atoms with Crippen LogP contribution in [0.1, 0.15) is 5.56 Å². The van der Waals surface area contributed by atoms with E-state index in [0.717, 1.165) is 10.5 Å². The quantitative estimate of drug-likeness (QED) is 0.368. The molecule has 0 aliphatic rings. The summed E-state index contributed by atoms with van der Waals surface area (Å²) in [6, 6.07) is 10.2. The van der Waals surface area contributed by atoms with Crippen LogP contribution in [0, 0.1) is 10.1 Å². The first kappa shape index (κ1) is 12.9. The summed E-state index contributed by atoms with van der Waals surface area (Å²) in [4.78, 5) is 15.0. The van der Waals surface area contributed by atoms with E-state index in [-0.39, 0.29) is 5.69 Å². The lowest BCUT2D eigenvalue weighted by molar-refractivity contribution is -0.384. The largest absolute Gasteiger partial charge is 0.269 e. The molecular formula is C12H9ClN2O2S. The first-order valence-corrected chi connectivity index (χ1v) is 6.50. The first-order valence-electron chi connectivity index (χ1n) is 5.13. The third-order valence-corrected chi connectivity index (χ3v) is 3.68. The molecule has 0 amide bonds. The standard InChI is InChI=1S/C12H9ClN2O2S/c13-12-9(2-1-7-14-12)8-18-11-5-3-10(4-6-11)15(16)17/h1-7H,8H2. The molecule has 1 heterocycles. The van der Waals surface area contributed by atoms with Gasteiger partial charge < -0.3 is 0 Å². The summed E-state index contributed by atoms with van der Waals surface area (Å²) < 4.78 is 0. The van der Waals surface area contributed by atoms with E-state index in [0.29, 0.717) is 10.9 Å². The van der Waals surface area contributed by atoms with Gasteiger partial charge in [-0.1, -0.05) is 17.7 Å². The van der Waals surface area contributed by atoms with Gasteiger partial charge in [0.2, 0.25) is 0 Å². The van der Waals surface area contributed by atoms with Crippen molar-refractivity contribution in [3.63, 3.8) is 0 Å². The van der Waals surface area contributed by atoms with Crippen LogP contribution in [0.2, 0.25) is 5.15 Å². The molecule has 0 fully saturated rings. The summed E-state index contributed by atoms with van der Waals surface area (Å²) in [5.74, 6) is 0.685. The number of aromatic nitrogens is 1. The molecule has 0 saturated heterocycles. The minimum absolute atomic E-state index is 0.0961. The van der Waals surface area contributed by atoms with Crippen molar-refractivity contribution >= 4 is 29.1 Å². The summed E-state index contributed by atoms with van der Waals surface area (Å²) in [5.41, 5.74) is 1.04. The molecule has 4 nitrogen and oxygen atoms in total. The van der Waals surface area contributed by atoms with Gasteiger partial charge in [0.15, 0.2) is 0 Å². The lowest BCUT2D eigenvalue weighted by Gasteiger charge is -2.03. The monoisotopic (exact) mass is 280 g/mol. The van der Waals surface area contributed by atoms with Crippen molar-refractivity contribution in [2.24, 2.45) is 0 Å². The van der Waals surface area contributed by atoms with Crippen LogP contribution < -0.4 is 0 Å². The Bertz CT molecular complexity index is 560. The molecule has 0 aliphatic carbocycles. The molecule has 6 heteroatoms. The third-order valence-electron chi connectivity index (χ3n) is 2.28. The highest BCUT2D eigenvalue weighted by molar-refractivity contribution is 7.98. The molecule has 0 atom stereocenters. The maximum Gasteiger partial charge on any atom is 0.269 e. The predicted octanol–water partition coefficient (Wildman–Crippen LogP) is 3.94. The van der Waals surface area contributed by atoms with Gasteiger partial charge in [-0.3, -0.25) is 10.1 Å². The molecule has 0 N–H and O–H groups in total. The number of hydrogen-bond donors (Lipinski definition) is 0. The van der Waals surface area contributed by atoms with E-state index in [9.17, 15) is 10.1 Å². The van der Waals surface area contributed by atoms with Crippen LogP contribution in [0.5, 0.6) is 0 Å². The molecule has 2 rings (SSSR count). The molecule has 1 aromatic carbocycles. The van der Waals surface area contributed by atoms with Gasteiger partial charge in [0.05, 0.1) is 4.92 Å². The van der Waals surface area contributed by atoms with Crippen molar-refractivity contribution in [2.75, 3.05) is 0 Å². The van der Waals surface area contributed by atoms with Crippen LogP contribution in [0.3, 0.4) is 0 Å². The van der Waals surface area contributed by atoms with Gasteiger partial charge in [0, 0.05) is 29.0 Å². The van der Waals surface area contributed by atoms with E-state index in [1.54, 1.807) is 30.1 Å². The molecule has 2 aromatic rings. The van der Waals surface area contributed by atoms with Crippen molar-refractivity contribution in [2.45, 2.75) is 10.6 Å². The molecule has 1 aromatic heterocycles. The Morgan fingerprint density at radius 2 is 2.00 bits per heavy atom. The number of rotatable bonds is 4. The van der Waals surface area contributed by atoms with Crippen LogP contribution in [-0.2, 0) is 5.75 Å². The van der Waals surface area contributed by atoms with Crippen LogP contribution in [0.25, 0.3) is 0 Å². The smallest absolute Gasteiger partial charge is 0.258 e. The average Bonchev–Trinajstić information content (AvgIpc) is 2.38. The Morgan fingerprint density at radius 3 is 2.61 bits per heavy atom. The molecule has 92 valence electrons. The highest BCUT2D eigenvalue weighted by Gasteiger charge is 2.05. The number of nitrogens with zero attached hydrogens (tertiary/aromatic N) is 2. The third kappa shape index (κ3) is 3.21. The van der Waals surface area contributed by atoms with Crippen LogP contribution in [0.4, 0.5) is 5.69 Å². The lowest BCUT2D eigenvalue weighted by atomic mass is 10.3. The second kappa shape index (κ2) is 5.84. The van der Waals surface area contributed by atoms with Gasteiger partial charge in [0.25, 0.3) is 5.69 Å². The molecule has 0 spiro atoms. The Kier molecular flexibility index (Phi) is 4.17. The van der Waals surface area contributed by atoms with Crippen LogP contribution >= 0.6 is 23.4 Å². The van der Waals surface area contributed by atoms with Gasteiger partial charge in [-0.2, -0.15) is 0 Å². The molecule has 0 unspecified atom stereocenters. The van der Waals surface area contributed by atoms with E-state index in [2.05, 4.69) is 4.98 Å². The maximum absolute atomic E-state index is 10.5. The highest BCUT2D eigenvalue weighted by Crippen LogP contribution is 2.26. The van der Waals surface area contributed by atoms with Gasteiger partial charge in [-0.25, -0.2) is 4.98 Å². The number of halogens is 1. The molecule has 0 bridgehead atoms. The van der Waals surface area contributed by atoms with Crippen molar-refractivity contribution in [3.05, 3.63) is 63.4 Å². The number of thioether (sulfide) groups is 1.